The molecule has 1 amide bonds. The van der Waals surface area contributed by atoms with Gasteiger partial charge in [-0.05, 0) is 38.0 Å². The van der Waals surface area contributed by atoms with Crippen LogP contribution in [0.5, 0.6) is 0 Å². The number of hydrogen-bond donors (Lipinski definition) is 0. The van der Waals surface area contributed by atoms with Crippen LogP contribution in [0, 0.1) is 18.8 Å². The number of aromatic nitrogens is 1. The molecule has 0 unspecified atom stereocenters. The highest BCUT2D eigenvalue weighted by Gasteiger charge is 2.34. The number of carbonyl (C=O) groups excluding carboxylic acids is 1. The maximum atomic E-state index is 12.6. The number of carbonyl (C=O) groups is 1. The number of rotatable bonds is 4. The Morgan fingerprint density at radius 2 is 2.18 bits per heavy atom. The van der Waals surface area contributed by atoms with E-state index in [-0.39, 0.29) is 5.91 Å². The lowest BCUT2D eigenvalue weighted by Gasteiger charge is -2.34. The molecule has 1 atom stereocenters. The smallest absolute Gasteiger partial charge is 0.292 e. The van der Waals surface area contributed by atoms with Crippen molar-refractivity contribution in [1.29, 1.82) is 0 Å². The minimum Gasteiger partial charge on any atom is -0.351 e. The molecule has 2 aliphatic rings. The first-order chi connectivity index (χ1) is 10.5. The number of nitrogens with zero attached hydrogens (tertiary/aromatic N) is 3. The highest BCUT2D eigenvalue weighted by atomic mass is 16.5. The van der Waals surface area contributed by atoms with Crippen molar-refractivity contribution in [3.8, 4) is 0 Å². The second-order valence-corrected chi connectivity index (χ2v) is 7.19. The second-order valence-electron chi connectivity index (χ2n) is 7.19. The van der Waals surface area contributed by atoms with Gasteiger partial charge in [0.15, 0.2) is 0 Å². The molecule has 1 saturated carbocycles. The average molecular weight is 305 g/mol. The zero-order chi connectivity index (χ0) is 15.7. The van der Waals surface area contributed by atoms with E-state index in [0.29, 0.717) is 17.7 Å². The van der Waals surface area contributed by atoms with Crippen molar-refractivity contribution in [3.63, 3.8) is 0 Å². The van der Waals surface area contributed by atoms with Crippen LogP contribution in [0.4, 0.5) is 0 Å². The standard InChI is InChI=1S/C17H27N3O2/c1-12(2)15-11-20(17(21)16-9-13(3)18-22-16)8-4-7-19(15)10-14-5-6-14/h9,12,14-15H,4-8,10-11H2,1-3H3/t15-/m0/s1. The molecule has 22 heavy (non-hydrogen) atoms. The van der Waals surface area contributed by atoms with E-state index < -0.39 is 0 Å². The Labute approximate surface area is 132 Å². The van der Waals surface area contributed by atoms with E-state index in [4.69, 9.17) is 4.52 Å². The van der Waals surface area contributed by atoms with E-state index >= 15 is 0 Å². The first-order valence-corrected chi connectivity index (χ1v) is 8.51. The summed E-state index contributed by atoms with van der Waals surface area (Å²) in [4.78, 5) is 17.2. The van der Waals surface area contributed by atoms with Crippen molar-refractivity contribution in [2.75, 3.05) is 26.2 Å². The topological polar surface area (TPSA) is 49.6 Å². The van der Waals surface area contributed by atoms with Gasteiger partial charge < -0.3 is 9.42 Å². The molecule has 3 rings (SSSR count). The predicted octanol–water partition coefficient (Wildman–Crippen LogP) is 2.57. The summed E-state index contributed by atoms with van der Waals surface area (Å²) in [5.41, 5.74) is 0.758. The summed E-state index contributed by atoms with van der Waals surface area (Å²) in [6.07, 6.45) is 3.79. The Morgan fingerprint density at radius 1 is 1.41 bits per heavy atom. The van der Waals surface area contributed by atoms with Crippen molar-refractivity contribution in [2.24, 2.45) is 11.8 Å². The third kappa shape index (κ3) is 3.51. The lowest BCUT2D eigenvalue weighted by atomic mass is 10.0. The SMILES string of the molecule is Cc1cc(C(=O)N2CCCN(CC3CC3)[C@H](C(C)C)C2)on1. The van der Waals surface area contributed by atoms with Crippen LogP contribution in [0.1, 0.15) is 49.4 Å². The Bertz CT molecular complexity index is 522. The van der Waals surface area contributed by atoms with Gasteiger partial charge in [0.1, 0.15) is 0 Å². The van der Waals surface area contributed by atoms with Crippen LogP contribution in [-0.4, -0.2) is 53.1 Å². The van der Waals surface area contributed by atoms with Gasteiger partial charge in [-0.15, -0.1) is 0 Å². The normalized spacial score (nSPS) is 23.8. The van der Waals surface area contributed by atoms with Gasteiger partial charge in [-0.25, -0.2) is 0 Å². The summed E-state index contributed by atoms with van der Waals surface area (Å²) >= 11 is 0. The van der Waals surface area contributed by atoms with Crippen LogP contribution in [0.2, 0.25) is 0 Å². The molecule has 1 aliphatic carbocycles. The minimum absolute atomic E-state index is 0.0143. The zero-order valence-electron chi connectivity index (χ0n) is 13.9. The second kappa shape index (κ2) is 6.41. The third-order valence-corrected chi connectivity index (χ3v) is 4.83. The first kappa shape index (κ1) is 15.5. The summed E-state index contributed by atoms with van der Waals surface area (Å²) in [5, 5.41) is 3.84. The molecular formula is C17H27N3O2. The summed E-state index contributed by atoms with van der Waals surface area (Å²) < 4.78 is 5.16. The van der Waals surface area contributed by atoms with E-state index in [2.05, 4.69) is 23.9 Å². The molecule has 2 fully saturated rings. The van der Waals surface area contributed by atoms with Crippen LogP contribution in [0.25, 0.3) is 0 Å². The van der Waals surface area contributed by atoms with Crippen molar-refractivity contribution in [1.82, 2.24) is 15.0 Å². The quantitative estimate of drug-likeness (QED) is 0.858. The molecule has 0 N–H and O–H groups in total. The van der Waals surface area contributed by atoms with Gasteiger partial charge in [-0.3, -0.25) is 9.69 Å². The van der Waals surface area contributed by atoms with E-state index in [1.54, 1.807) is 6.07 Å². The Morgan fingerprint density at radius 3 is 2.77 bits per heavy atom. The molecule has 5 nitrogen and oxygen atoms in total. The lowest BCUT2D eigenvalue weighted by molar-refractivity contribution is 0.0664. The molecule has 0 spiro atoms. The number of aryl methyl sites for hydroxylation is 1. The van der Waals surface area contributed by atoms with Gasteiger partial charge in [0, 0.05) is 38.3 Å². The third-order valence-electron chi connectivity index (χ3n) is 4.83. The Hall–Kier alpha value is -1.36. The molecular weight excluding hydrogens is 278 g/mol. The van der Waals surface area contributed by atoms with E-state index in [9.17, 15) is 4.79 Å². The molecule has 5 heteroatoms. The maximum absolute atomic E-state index is 12.6. The molecule has 0 radical (unpaired) electrons. The fourth-order valence-corrected chi connectivity index (χ4v) is 3.36. The molecule has 122 valence electrons. The summed E-state index contributed by atoms with van der Waals surface area (Å²) in [6, 6.07) is 2.18. The van der Waals surface area contributed by atoms with Crippen molar-refractivity contribution >= 4 is 5.91 Å². The zero-order valence-corrected chi connectivity index (χ0v) is 13.9. The number of hydrogen-bond acceptors (Lipinski definition) is 4. The highest BCUT2D eigenvalue weighted by molar-refractivity contribution is 5.91. The molecule has 2 heterocycles. The molecule has 1 aromatic heterocycles. The minimum atomic E-state index is -0.0143. The highest BCUT2D eigenvalue weighted by Crippen LogP contribution is 2.32. The monoisotopic (exact) mass is 305 g/mol. The van der Waals surface area contributed by atoms with Crippen molar-refractivity contribution in [2.45, 2.75) is 46.1 Å². The summed E-state index contributed by atoms with van der Waals surface area (Å²) in [6.45, 7) is 10.3. The first-order valence-electron chi connectivity index (χ1n) is 8.51. The molecule has 0 aromatic carbocycles. The fraction of sp³-hybridized carbons (Fsp3) is 0.765. The summed E-state index contributed by atoms with van der Waals surface area (Å²) in [7, 11) is 0. The number of amides is 1. The van der Waals surface area contributed by atoms with Crippen LogP contribution in [0.3, 0.4) is 0 Å². The molecule has 1 saturated heterocycles. The van der Waals surface area contributed by atoms with E-state index in [0.717, 1.165) is 37.7 Å². The molecule has 1 aliphatic heterocycles. The van der Waals surface area contributed by atoms with Crippen LogP contribution >= 0.6 is 0 Å². The van der Waals surface area contributed by atoms with Crippen LogP contribution in [-0.2, 0) is 0 Å². The van der Waals surface area contributed by atoms with Gasteiger partial charge in [0.25, 0.3) is 5.91 Å². The van der Waals surface area contributed by atoms with Gasteiger partial charge >= 0.3 is 0 Å². The maximum Gasteiger partial charge on any atom is 0.292 e. The molecule has 0 bridgehead atoms. The van der Waals surface area contributed by atoms with Crippen LogP contribution < -0.4 is 0 Å². The lowest BCUT2D eigenvalue weighted by Crippen LogP contribution is -2.46. The van der Waals surface area contributed by atoms with Crippen molar-refractivity contribution < 1.29 is 9.32 Å². The van der Waals surface area contributed by atoms with Crippen molar-refractivity contribution in [3.05, 3.63) is 17.5 Å². The van der Waals surface area contributed by atoms with Gasteiger partial charge in [0.05, 0.1) is 5.69 Å². The molecule has 1 aromatic rings. The Balaban J connectivity index is 1.71. The summed E-state index contributed by atoms with van der Waals surface area (Å²) in [5.74, 6) is 1.79. The van der Waals surface area contributed by atoms with Gasteiger partial charge in [-0.2, -0.15) is 0 Å². The average Bonchev–Trinajstić information content (AvgIpc) is 3.23. The van der Waals surface area contributed by atoms with E-state index in [1.807, 2.05) is 11.8 Å². The van der Waals surface area contributed by atoms with Gasteiger partial charge in [-0.1, -0.05) is 19.0 Å². The Kier molecular flexibility index (Phi) is 4.52. The van der Waals surface area contributed by atoms with Gasteiger partial charge in [0.2, 0.25) is 5.76 Å². The van der Waals surface area contributed by atoms with Crippen LogP contribution in [0.15, 0.2) is 10.6 Å². The fourth-order valence-electron chi connectivity index (χ4n) is 3.36. The van der Waals surface area contributed by atoms with E-state index in [1.165, 1.54) is 19.4 Å². The predicted molar refractivity (Wildman–Crippen MR) is 84.7 cm³/mol. The largest absolute Gasteiger partial charge is 0.351 e.